The molecule has 0 saturated carbocycles. The van der Waals surface area contributed by atoms with E-state index >= 15 is 0 Å². The number of hydrogen-bond donors (Lipinski definition) is 0. The number of benzene rings is 1. The lowest BCUT2D eigenvalue weighted by Crippen LogP contribution is -2.30. The first kappa shape index (κ1) is 17.3. The molecule has 2 rings (SSSR count). The fourth-order valence-corrected chi connectivity index (χ4v) is 2.52. The predicted molar refractivity (Wildman–Crippen MR) is 93.5 cm³/mol. The van der Waals surface area contributed by atoms with Crippen LogP contribution in [0, 0.1) is 6.92 Å². The lowest BCUT2D eigenvalue weighted by Gasteiger charge is -2.27. The van der Waals surface area contributed by atoms with E-state index in [2.05, 4.69) is 19.6 Å². The minimum atomic E-state index is -0.145. The Labute approximate surface area is 138 Å². The number of aryl methyl sites for hydroxylation is 1. The lowest BCUT2D eigenvalue weighted by molar-refractivity contribution is 0.0128. The molecule has 0 fully saturated rings. The normalized spacial score (nSPS) is 21.5. The van der Waals surface area contributed by atoms with Gasteiger partial charge in [0.2, 0.25) is 0 Å². The highest BCUT2D eigenvalue weighted by Crippen LogP contribution is 2.29. The average Bonchev–Trinajstić information content (AvgIpc) is 2.56. The zero-order valence-corrected chi connectivity index (χ0v) is 14.2. The van der Waals surface area contributed by atoms with Crippen LogP contribution in [0.15, 0.2) is 72.1 Å². The summed E-state index contributed by atoms with van der Waals surface area (Å²) in [4.78, 5) is 0. The van der Waals surface area contributed by atoms with Gasteiger partial charge in [0.15, 0.2) is 0 Å². The third-order valence-electron chi connectivity index (χ3n) is 3.82. The number of hydrogen-bond acceptors (Lipinski definition) is 3. The van der Waals surface area contributed by atoms with Crippen LogP contribution in [0.1, 0.15) is 12.5 Å². The summed E-state index contributed by atoms with van der Waals surface area (Å²) in [6.45, 7) is 7.88. The second-order valence-corrected chi connectivity index (χ2v) is 5.51. The molecule has 1 aromatic carbocycles. The molecule has 0 amide bonds. The van der Waals surface area contributed by atoms with E-state index in [1.165, 1.54) is 5.56 Å². The molecule has 2 unspecified atom stereocenters. The third-order valence-corrected chi connectivity index (χ3v) is 3.82. The molecule has 23 heavy (non-hydrogen) atoms. The molecule has 0 N–H and O–H groups in total. The number of ether oxygens (including phenoxy) is 3. The van der Waals surface area contributed by atoms with Gasteiger partial charge in [0.05, 0.1) is 0 Å². The summed E-state index contributed by atoms with van der Waals surface area (Å²) in [6.07, 6.45) is 7.44. The van der Waals surface area contributed by atoms with E-state index < -0.39 is 0 Å². The molecule has 3 heteroatoms. The maximum atomic E-state index is 6.07. The highest BCUT2D eigenvalue weighted by atomic mass is 16.5. The first-order valence-electron chi connectivity index (χ1n) is 7.63. The monoisotopic (exact) mass is 312 g/mol. The van der Waals surface area contributed by atoms with Gasteiger partial charge in [-0.25, -0.2) is 0 Å². The minimum Gasteiger partial charge on any atom is -0.457 e. The molecule has 0 bridgehead atoms. The fraction of sp³-hybridized carbons (Fsp3) is 0.300. The Bertz CT molecular complexity index is 635. The van der Waals surface area contributed by atoms with Crippen LogP contribution < -0.4 is 4.74 Å². The molecule has 2 atom stereocenters. The maximum absolute atomic E-state index is 6.07. The first-order chi connectivity index (χ1) is 11.1. The Morgan fingerprint density at radius 1 is 1.00 bits per heavy atom. The van der Waals surface area contributed by atoms with Gasteiger partial charge in [0, 0.05) is 19.8 Å². The van der Waals surface area contributed by atoms with Crippen molar-refractivity contribution in [2.45, 2.75) is 26.1 Å². The van der Waals surface area contributed by atoms with Gasteiger partial charge >= 0.3 is 0 Å². The Morgan fingerprint density at radius 2 is 1.61 bits per heavy atom. The standard InChI is InChI=1S/C20H24O3/c1-6-7-18(23-16-10-8-14(2)9-11-16)17-13-20(22-5)19(21-4)12-15(17)3/h6-13,19-20H,1H2,2-5H3/b18-7+. The summed E-state index contributed by atoms with van der Waals surface area (Å²) in [5.74, 6) is 1.54. The smallest absolute Gasteiger partial charge is 0.134 e. The summed E-state index contributed by atoms with van der Waals surface area (Å²) in [7, 11) is 3.36. The quantitative estimate of drug-likeness (QED) is 0.577. The van der Waals surface area contributed by atoms with Crippen molar-refractivity contribution in [2.24, 2.45) is 0 Å². The van der Waals surface area contributed by atoms with Crippen LogP contribution in [-0.2, 0) is 9.47 Å². The Morgan fingerprint density at radius 3 is 2.17 bits per heavy atom. The minimum absolute atomic E-state index is 0.0897. The molecule has 1 aromatic rings. The molecule has 0 radical (unpaired) electrons. The van der Waals surface area contributed by atoms with E-state index in [1.54, 1.807) is 20.3 Å². The second kappa shape index (κ2) is 7.95. The Kier molecular flexibility index (Phi) is 5.97. The molecule has 3 nitrogen and oxygen atoms in total. The van der Waals surface area contributed by atoms with E-state index in [-0.39, 0.29) is 12.2 Å². The third kappa shape index (κ3) is 4.21. The van der Waals surface area contributed by atoms with E-state index in [0.29, 0.717) is 0 Å². The van der Waals surface area contributed by atoms with Crippen molar-refractivity contribution in [3.8, 4) is 5.75 Å². The van der Waals surface area contributed by atoms with Crippen molar-refractivity contribution in [1.29, 1.82) is 0 Å². The van der Waals surface area contributed by atoms with Gasteiger partial charge in [0.25, 0.3) is 0 Å². The number of rotatable bonds is 6. The SMILES string of the molecule is C=C/C=C(/Oc1ccc(C)cc1)C1=CC(OC)C(OC)C=C1C. The highest BCUT2D eigenvalue weighted by Gasteiger charge is 2.25. The van der Waals surface area contributed by atoms with Crippen molar-refractivity contribution in [3.63, 3.8) is 0 Å². The van der Waals surface area contributed by atoms with Crippen LogP contribution in [0.25, 0.3) is 0 Å². The van der Waals surface area contributed by atoms with Crippen LogP contribution in [0.4, 0.5) is 0 Å². The van der Waals surface area contributed by atoms with Gasteiger partial charge in [0.1, 0.15) is 23.7 Å². The van der Waals surface area contributed by atoms with Crippen LogP contribution in [-0.4, -0.2) is 26.4 Å². The van der Waals surface area contributed by atoms with E-state index in [9.17, 15) is 0 Å². The van der Waals surface area contributed by atoms with Crippen molar-refractivity contribution in [2.75, 3.05) is 14.2 Å². The summed E-state index contributed by atoms with van der Waals surface area (Å²) in [6, 6.07) is 7.97. The largest absolute Gasteiger partial charge is 0.457 e. The zero-order chi connectivity index (χ0) is 16.8. The van der Waals surface area contributed by atoms with Crippen molar-refractivity contribution in [3.05, 3.63) is 77.6 Å². The number of methoxy groups -OCH3 is 2. The molecular weight excluding hydrogens is 288 g/mol. The molecule has 122 valence electrons. The van der Waals surface area contributed by atoms with Crippen molar-refractivity contribution < 1.29 is 14.2 Å². The van der Waals surface area contributed by atoms with Crippen LogP contribution in [0.3, 0.4) is 0 Å². The summed E-state index contributed by atoms with van der Waals surface area (Å²) < 4.78 is 17.0. The molecule has 0 spiro atoms. The van der Waals surface area contributed by atoms with Gasteiger partial charge in [-0.2, -0.15) is 0 Å². The number of allylic oxidation sites excluding steroid dienone is 3. The van der Waals surface area contributed by atoms with E-state index in [0.717, 1.165) is 22.7 Å². The first-order valence-corrected chi connectivity index (χ1v) is 7.63. The van der Waals surface area contributed by atoms with Gasteiger partial charge in [-0.1, -0.05) is 30.4 Å². The fourth-order valence-electron chi connectivity index (χ4n) is 2.52. The summed E-state index contributed by atoms with van der Waals surface area (Å²) in [5, 5.41) is 0. The van der Waals surface area contributed by atoms with Crippen molar-refractivity contribution >= 4 is 0 Å². The Hall–Kier alpha value is -2.10. The highest BCUT2D eigenvalue weighted by molar-refractivity contribution is 5.49. The predicted octanol–water partition coefficient (Wildman–Crippen LogP) is 4.36. The van der Waals surface area contributed by atoms with Crippen LogP contribution in [0.2, 0.25) is 0 Å². The van der Waals surface area contributed by atoms with Gasteiger partial charge in [-0.05, 0) is 49.8 Å². The van der Waals surface area contributed by atoms with Crippen LogP contribution in [0.5, 0.6) is 5.75 Å². The topological polar surface area (TPSA) is 27.7 Å². The molecular formula is C20H24O3. The maximum Gasteiger partial charge on any atom is 0.134 e. The molecule has 0 saturated heterocycles. The summed E-state index contributed by atoms with van der Waals surface area (Å²) >= 11 is 0. The molecule has 1 aliphatic carbocycles. The van der Waals surface area contributed by atoms with E-state index in [1.807, 2.05) is 43.3 Å². The molecule has 0 heterocycles. The van der Waals surface area contributed by atoms with Crippen LogP contribution >= 0.6 is 0 Å². The lowest BCUT2D eigenvalue weighted by atomic mass is 9.93. The van der Waals surface area contributed by atoms with E-state index in [4.69, 9.17) is 14.2 Å². The molecule has 0 aliphatic heterocycles. The van der Waals surface area contributed by atoms with Crippen molar-refractivity contribution in [1.82, 2.24) is 0 Å². The zero-order valence-electron chi connectivity index (χ0n) is 14.2. The second-order valence-electron chi connectivity index (χ2n) is 5.51. The van der Waals surface area contributed by atoms with Gasteiger partial charge < -0.3 is 14.2 Å². The Balaban J connectivity index is 2.32. The van der Waals surface area contributed by atoms with Gasteiger partial charge in [-0.3, -0.25) is 0 Å². The molecule has 1 aliphatic rings. The molecule has 0 aromatic heterocycles. The van der Waals surface area contributed by atoms with Gasteiger partial charge in [-0.15, -0.1) is 0 Å². The summed E-state index contributed by atoms with van der Waals surface area (Å²) in [5.41, 5.74) is 3.28. The average molecular weight is 312 g/mol.